The van der Waals surface area contributed by atoms with Crippen molar-refractivity contribution >= 4 is 8.60 Å². The number of alkyl halides is 8. The molecule has 1 heterocycles. The summed E-state index contributed by atoms with van der Waals surface area (Å²) in [6.07, 6.45) is -4.96. The maximum absolute atomic E-state index is 13.2. The fourth-order valence-corrected chi connectivity index (χ4v) is 2.61. The van der Waals surface area contributed by atoms with Gasteiger partial charge in [-0.25, -0.2) is 8.78 Å². The maximum Gasteiger partial charge on any atom is 0.380 e. The minimum absolute atomic E-state index is 0.00780. The van der Waals surface area contributed by atoms with E-state index in [1.807, 2.05) is 0 Å². The molecule has 1 saturated heterocycles. The molecule has 0 N–H and O–H groups in total. The zero-order valence-corrected chi connectivity index (χ0v) is 12.3. The molecule has 0 aromatic rings. The lowest BCUT2D eigenvalue weighted by molar-refractivity contribution is -0.342. The summed E-state index contributed by atoms with van der Waals surface area (Å²) < 4.78 is 115. The van der Waals surface area contributed by atoms with Crippen LogP contribution in [-0.4, -0.2) is 44.0 Å². The van der Waals surface area contributed by atoms with Crippen molar-refractivity contribution in [3.63, 3.8) is 0 Å². The fourth-order valence-electron chi connectivity index (χ4n) is 1.21. The van der Waals surface area contributed by atoms with Crippen LogP contribution in [-0.2, 0) is 13.6 Å². The summed E-state index contributed by atoms with van der Waals surface area (Å²) in [5.41, 5.74) is -0.461. The van der Waals surface area contributed by atoms with Crippen molar-refractivity contribution in [1.29, 1.82) is 0 Å². The van der Waals surface area contributed by atoms with Gasteiger partial charge in [0.15, 0.2) is 0 Å². The largest absolute Gasteiger partial charge is 0.380 e. The minimum atomic E-state index is -6.29. The molecule has 0 unspecified atom stereocenters. The van der Waals surface area contributed by atoms with E-state index in [9.17, 15) is 35.1 Å². The molecule has 0 radical (unpaired) electrons. The average Bonchev–Trinajstić information content (AvgIpc) is 2.36. The van der Waals surface area contributed by atoms with Crippen LogP contribution in [0.25, 0.3) is 0 Å². The SMILES string of the molecule is CC1(C)COP(OCC(F)(F)C(F)(F)C(F)(F)C(F)F)OC1. The van der Waals surface area contributed by atoms with Gasteiger partial charge >= 0.3 is 32.8 Å². The normalized spacial score (nSPS) is 21.4. The third-order valence-electron chi connectivity index (χ3n) is 2.62. The van der Waals surface area contributed by atoms with Crippen LogP contribution in [0.1, 0.15) is 13.8 Å². The van der Waals surface area contributed by atoms with Crippen molar-refractivity contribution in [3.8, 4) is 0 Å². The van der Waals surface area contributed by atoms with E-state index in [2.05, 4.69) is 4.52 Å². The van der Waals surface area contributed by atoms with Gasteiger partial charge in [0.1, 0.15) is 6.61 Å². The second kappa shape index (κ2) is 6.33. The van der Waals surface area contributed by atoms with Crippen molar-refractivity contribution in [1.82, 2.24) is 0 Å². The highest BCUT2D eigenvalue weighted by Gasteiger charge is 2.75. The molecule has 1 aliphatic rings. The fraction of sp³-hybridized carbons (Fsp3) is 1.00. The first kappa shape index (κ1) is 19.8. The second-order valence-corrected chi connectivity index (χ2v) is 6.63. The van der Waals surface area contributed by atoms with E-state index in [0.29, 0.717) is 0 Å². The van der Waals surface area contributed by atoms with E-state index < -0.39 is 44.8 Å². The molecule has 132 valence electrons. The molecule has 1 rings (SSSR count). The molecule has 0 spiro atoms. The summed E-state index contributed by atoms with van der Waals surface area (Å²) in [6, 6.07) is 0. The Morgan fingerprint density at radius 1 is 1.05 bits per heavy atom. The monoisotopic (exact) mass is 364 g/mol. The number of halogens is 8. The summed E-state index contributed by atoms with van der Waals surface area (Å²) >= 11 is 0. The summed E-state index contributed by atoms with van der Waals surface area (Å²) in [4.78, 5) is 0. The van der Waals surface area contributed by atoms with Crippen molar-refractivity contribution in [2.75, 3.05) is 19.8 Å². The molecule has 0 atom stereocenters. The van der Waals surface area contributed by atoms with Crippen molar-refractivity contribution in [2.45, 2.75) is 38.0 Å². The van der Waals surface area contributed by atoms with Gasteiger partial charge in [-0.1, -0.05) is 13.8 Å². The molecule has 0 bridgehead atoms. The van der Waals surface area contributed by atoms with E-state index in [0.717, 1.165) is 0 Å². The van der Waals surface area contributed by atoms with Crippen LogP contribution in [0, 0.1) is 5.41 Å². The van der Waals surface area contributed by atoms with E-state index in [1.54, 1.807) is 13.8 Å². The Kier molecular flexibility index (Phi) is 5.70. The predicted octanol–water partition coefficient (Wildman–Crippen LogP) is 4.47. The van der Waals surface area contributed by atoms with Gasteiger partial charge in [-0.2, -0.15) is 26.3 Å². The Hall–Kier alpha value is -0.250. The smallest absolute Gasteiger partial charge is 0.312 e. The molecule has 22 heavy (non-hydrogen) atoms. The van der Waals surface area contributed by atoms with E-state index in [1.165, 1.54) is 0 Å². The Bertz CT molecular complexity index is 380. The van der Waals surface area contributed by atoms with E-state index in [4.69, 9.17) is 9.05 Å². The van der Waals surface area contributed by atoms with Crippen LogP contribution in [0.2, 0.25) is 0 Å². The summed E-state index contributed by atoms with van der Waals surface area (Å²) in [5.74, 6) is -18.0. The second-order valence-electron chi connectivity index (χ2n) is 5.41. The van der Waals surface area contributed by atoms with Crippen molar-refractivity contribution < 1.29 is 48.7 Å². The lowest BCUT2D eigenvalue weighted by Gasteiger charge is -2.35. The van der Waals surface area contributed by atoms with Gasteiger partial charge in [-0.3, -0.25) is 0 Å². The molecular formula is C10H13F8O3P. The molecule has 12 heteroatoms. The zero-order valence-electron chi connectivity index (χ0n) is 11.4. The van der Waals surface area contributed by atoms with Crippen LogP contribution in [0.4, 0.5) is 35.1 Å². The average molecular weight is 364 g/mol. The quantitative estimate of drug-likeness (QED) is 0.514. The Balaban J connectivity index is 2.67. The zero-order chi connectivity index (χ0) is 17.4. The van der Waals surface area contributed by atoms with Gasteiger partial charge in [0.05, 0.1) is 13.2 Å². The minimum Gasteiger partial charge on any atom is -0.312 e. The molecule has 1 fully saturated rings. The molecular weight excluding hydrogens is 351 g/mol. The Morgan fingerprint density at radius 2 is 1.50 bits per heavy atom. The predicted molar refractivity (Wildman–Crippen MR) is 59.4 cm³/mol. The van der Waals surface area contributed by atoms with Crippen LogP contribution >= 0.6 is 8.60 Å². The van der Waals surface area contributed by atoms with E-state index in [-0.39, 0.29) is 13.2 Å². The number of hydrogen-bond donors (Lipinski definition) is 0. The first-order chi connectivity index (χ1) is 9.73. The number of hydrogen-bond acceptors (Lipinski definition) is 3. The Labute approximate surface area is 121 Å². The van der Waals surface area contributed by atoms with E-state index >= 15 is 0 Å². The summed E-state index contributed by atoms with van der Waals surface area (Å²) in [5, 5.41) is 0. The maximum atomic E-state index is 13.2. The molecule has 0 saturated carbocycles. The lowest BCUT2D eigenvalue weighted by atomic mass is 9.97. The summed E-state index contributed by atoms with van der Waals surface area (Å²) in [7, 11) is -2.44. The highest BCUT2D eigenvalue weighted by atomic mass is 31.2. The van der Waals surface area contributed by atoms with Crippen molar-refractivity contribution in [2.24, 2.45) is 5.41 Å². The highest BCUT2D eigenvalue weighted by Crippen LogP contribution is 2.52. The topological polar surface area (TPSA) is 27.7 Å². The molecule has 1 aliphatic heterocycles. The lowest BCUT2D eigenvalue weighted by Crippen LogP contribution is -2.59. The van der Waals surface area contributed by atoms with Crippen molar-refractivity contribution in [3.05, 3.63) is 0 Å². The van der Waals surface area contributed by atoms with Gasteiger partial charge in [-0.05, 0) is 0 Å². The number of rotatable bonds is 6. The van der Waals surface area contributed by atoms with Crippen LogP contribution in [0.3, 0.4) is 0 Å². The van der Waals surface area contributed by atoms with Crippen LogP contribution < -0.4 is 0 Å². The molecule has 0 aromatic heterocycles. The third-order valence-corrected chi connectivity index (χ3v) is 3.64. The molecule has 3 nitrogen and oxygen atoms in total. The van der Waals surface area contributed by atoms with Gasteiger partial charge in [0.25, 0.3) is 0 Å². The van der Waals surface area contributed by atoms with Crippen LogP contribution in [0.5, 0.6) is 0 Å². The summed E-state index contributed by atoms with van der Waals surface area (Å²) in [6.45, 7) is 1.17. The van der Waals surface area contributed by atoms with Gasteiger partial charge in [0.2, 0.25) is 0 Å². The standard InChI is InChI=1S/C10H13F8O3P/c1-7(2)3-19-22(20-4-7)21-5-8(13,14)10(17,18)9(15,16)6(11)12/h6H,3-5H2,1-2H3. The Morgan fingerprint density at radius 3 is 1.91 bits per heavy atom. The first-order valence-corrected chi connectivity index (χ1v) is 6.93. The van der Waals surface area contributed by atoms with Gasteiger partial charge in [-0.15, -0.1) is 0 Å². The molecule has 0 amide bonds. The van der Waals surface area contributed by atoms with Gasteiger partial charge in [0, 0.05) is 5.41 Å². The van der Waals surface area contributed by atoms with Crippen LogP contribution in [0.15, 0.2) is 0 Å². The molecule has 0 aliphatic carbocycles. The highest BCUT2D eigenvalue weighted by molar-refractivity contribution is 7.41. The van der Waals surface area contributed by atoms with Gasteiger partial charge < -0.3 is 13.6 Å². The third kappa shape index (κ3) is 3.98. The molecule has 0 aromatic carbocycles. The first-order valence-electron chi connectivity index (χ1n) is 5.83.